The lowest BCUT2D eigenvalue weighted by Gasteiger charge is -2.22. The zero-order valence-corrected chi connectivity index (χ0v) is 15.9. The van der Waals surface area contributed by atoms with Crippen molar-refractivity contribution in [3.05, 3.63) is 65.2 Å². The fraction of sp³-hybridized carbons (Fsp3) is 0.300. The van der Waals surface area contributed by atoms with Gasteiger partial charge in [0.25, 0.3) is 0 Å². The molecule has 0 saturated heterocycles. The molecule has 0 aromatic heterocycles. The molecule has 150 valence electrons. The molecular formula is C20H24F2N4O2. The molecule has 0 fully saturated rings. The summed E-state index contributed by atoms with van der Waals surface area (Å²) in [5.74, 6) is 0.365. The van der Waals surface area contributed by atoms with Crippen LogP contribution in [0.5, 0.6) is 5.75 Å². The van der Waals surface area contributed by atoms with Crippen LogP contribution < -0.4 is 15.8 Å². The van der Waals surface area contributed by atoms with E-state index in [2.05, 4.69) is 15.0 Å². The smallest absolute Gasteiger partial charge is 0.387 e. The molecule has 0 aliphatic rings. The van der Waals surface area contributed by atoms with Crippen molar-refractivity contribution in [1.29, 1.82) is 0 Å². The van der Waals surface area contributed by atoms with E-state index in [-0.39, 0.29) is 5.75 Å². The van der Waals surface area contributed by atoms with Crippen LogP contribution in [0.15, 0.2) is 53.5 Å². The predicted octanol–water partition coefficient (Wildman–Crippen LogP) is 2.98. The van der Waals surface area contributed by atoms with Crippen LogP contribution >= 0.6 is 0 Å². The van der Waals surface area contributed by atoms with E-state index < -0.39 is 12.5 Å². The minimum absolute atomic E-state index is 0.126. The second-order valence-electron chi connectivity index (χ2n) is 6.11. The zero-order chi connectivity index (χ0) is 20.5. The highest BCUT2D eigenvalue weighted by Crippen LogP contribution is 2.16. The molecule has 0 aliphatic carbocycles. The molecule has 0 bridgehead atoms. The minimum atomic E-state index is -2.84. The van der Waals surface area contributed by atoms with Gasteiger partial charge in [-0.05, 0) is 42.3 Å². The zero-order valence-electron chi connectivity index (χ0n) is 15.9. The van der Waals surface area contributed by atoms with Crippen molar-refractivity contribution in [1.82, 2.24) is 10.2 Å². The van der Waals surface area contributed by atoms with E-state index in [4.69, 9.17) is 5.73 Å². The highest BCUT2D eigenvalue weighted by Gasteiger charge is 2.08. The van der Waals surface area contributed by atoms with Gasteiger partial charge in [0.1, 0.15) is 5.75 Å². The summed E-state index contributed by atoms with van der Waals surface area (Å²) in [5.41, 5.74) is 7.58. The summed E-state index contributed by atoms with van der Waals surface area (Å²) in [5, 5.41) is 3.22. The van der Waals surface area contributed by atoms with Crippen molar-refractivity contribution in [3.63, 3.8) is 0 Å². The molecule has 1 amide bonds. The Balaban J connectivity index is 2.02. The number of hydrogen-bond acceptors (Lipinski definition) is 3. The molecule has 2 rings (SSSR count). The molecule has 0 saturated carbocycles. The van der Waals surface area contributed by atoms with Crippen LogP contribution in [0.1, 0.15) is 28.4 Å². The van der Waals surface area contributed by atoms with E-state index in [1.165, 1.54) is 12.1 Å². The second kappa shape index (κ2) is 10.2. The van der Waals surface area contributed by atoms with E-state index >= 15 is 0 Å². The van der Waals surface area contributed by atoms with Gasteiger partial charge in [-0.15, -0.1) is 0 Å². The molecule has 0 aliphatic heterocycles. The maximum atomic E-state index is 12.2. The normalized spacial score (nSPS) is 11.4. The Hall–Kier alpha value is -3.16. The van der Waals surface area contributed by atoms with Crippen LogP contribution in [0.3, 0.4) is 0 Å². The Morgan fingerprint density at radius 3 is 2.29 bits per heavy atom. The average Bonchev–Trinajstić information content (AvgIpc) is 2.66. The van der Waals surface area contributed by atoms with Gasteiger partial charge in [0.05, 0.1) is 6.54 Å². The first kappa shape index (κ1) is 21.1. The van der Waals surface area contributed by atoms with Crippen molar-refractivity contribution < 1.29 is 18.3 Å². The summed E-state index contributed by atoms with van der Waals surface area (Å²) in [6, 6.07) is 13.5. The van der Waals surface area contributed by atoms with Gasteiger partial charge in [-0.3, -0.25) is 4.79 Å². The lowest BCUT2D eigenvalue weighted by molar-refractivity contribution is -0.0498. The fourth-order valence-electron chi connectivity index (χ4n) is 2.54. The number of aliphatic imine (C=N–C) groups is 1. The number of halogens is 2. The van der Waals surface area contributed by atoms with E-state index in [0.29, 0.717) is 31.2 Å². The number of nitrogens with one attached hydrogen (secondary N) is 1. The van der Waals surface area contributed by atoms with Gasteiger partial charge in [-0.1, -0.05) is 24.3 Å². The molecule has 2 aromatic rings. The van der Waals surface area contributed by atoms with Gasteiger partial charge in [0, 0.05) is 25.7 Å². The lowest BCUT2D eigenvalue weighted by atomic mass is 10.1. The minimum Gasteiger partial charge on any atom is -0.435 e. The second-order valence-corrected chi connectivity index (χ2v) is 6.11. The van der Waals surface area contributed by atoms with Crippen LogP contribution in [-0.4, -0.2) is 37.0 Å². The summed E-state index contributed by atoms with van der Waals surface area (Å²) in [4.78, 5) is 17.7. The summed E-state index contributed by atoms with van der Waals surface area (Å²) >= 11 is 0. The molecule has 0 unspecified atom stereocenters. The van der Waals surface area contributed by atoms with Crippen LogP contribution in [0.4, 0.5) is 8.78 Å². The summed E-state index contributed by atoms with van der Waals surface area (Å²) in [6.07, 6.45) is 0. The van der Waals surface area contributed by atoms with E-state index in [9.17, 15) is 13.6 Å². The van der Waals surface area contributed by atoms with Crippen molar-refractivity contribution in [2.45, 2.75) is 26.6 Å². The van der Waals surface area contributed by atoms with Crippen molar-refractivity contribution >= 4 is 11.9 Å². The van der Waals surface area contributed by atoms with Crippen molar-refractivity contribution in [3.8, 4) is 5.75 Å². The van der Waals surface area contributed by atoms with Gasteiger partial charge in [0.2, 0.25) is 5.91 Å². The van der Waals surface area contributed by atoms with Crippen LogP contribution in [0, 0.1) is 0 Å². The fourth-order valence-corrected chi connectivity index (χ4v) is 2.54. The maximum Gasteiger partial charge on any atom is 0.387 e. The standard InChI is InChI=1S/C20H24F2N4O2/c1-3-24-20(25-12-14-4-8-16(9-5-14)18(23)27)26(2)13-15-6-10-17(11-7-15)28-19(21)22/h4-11,19H,3,12-13H2,1-2H3,(H2,23,27)(H,24,25). The Bertz CT molecular complexity index is 793. The molecule has 8 heteroatoms. The van der Waals surface area contributed by atoms with Crippen LogP contribution in [0.2, 0.25) is 0 Å². The maximum absolute atomic E-state index is 12.2. The molecule has 0 atom stereocenters. The number of ether oxygens (including phenoxy) is 1. The Morgan fingerprint density at radius 1 is 1.14 bits per heavy atom. The van der Waals surface area contributed by atoms with E-state index in [1.807, 2.05) is 31.0 Å². The van der Waals surface area contributed by atoms with E-state index in [1.54, 1.807) is 24.3 Å². The highest BCUT2D eigenvalue weighted by molar-refractivity contribution is 5.92. The molecule has 0 spiro atoms. The van der Waals surface area contributed by atoms with Gasteiger partial charge >= 0.3 is 6.61 Å². The largest absolute Gasteiger partial charge is 0.435 e. The van der Waals surface area contributed by atoms with Crippen LogP contribution in [0.25, 0.3) is 0 Å². The molecule has 6 nitrogen and oxygen atoms in total. The first-order valence-corrected chi connectivity index (χ1v) is 8.81. The lowest BCUT2D eigenvalue weighted by Crippen LogP contribution is -2.38. The van der Waals surface area contributed by atoms with Gasteiger partial charge in [-0.25, -0.2) is 4.99 Å². The number of primary amides is 1. The van der Waals surface area contributed by atoms with Crippen LogP contribution in [-0.2, 0) is 13.1 Å². The number of nitrogens with zero attached hydrogens (tertiary/aromatic N) is 2. The molecule has 28 heavy (non-hydrogen) atoms. The topological polar surface area (TPSA) is 79.9 Å². The number of carbonyl (C=O) groups is 1. The number of carbonyl (C=O) groups excluding carboxylic acids is 1. The SMILES string of the molecule is CCNC(=NCc1ccc(C(N)=O)cc1)N(C)Cc1ccc(OC(F)F)cc1. The van der Waals surface area contributed by atoms with Gasteiger partial charge < -0.3 is 20.7 Å². The number of amides is 1. The molecule has 0 heterocycles. The summed E-state index contributed by atoms with van der Waals surface area (Å²) in [6.45, 7) is 0.818. The number of benzene rings is 2. The first-order chi connectivity index (χ1) is 13.4. The predicted molar refractivity (Wildman–Crippen MR) is 104 cm³/mol. The average molecular weight is 390 g/mol. The summed E-state index contributed by atoms with van der Waals surface area (Å²) < 4.78 is 28.8. The first-order valence-electron chi connectivity index (χ1n) is 8.81. The number of rotatable bonds is 8. The molecular weight excluding hydrogens is 366 g/mol. The number of nitrogens with two attached hydrogens (primary N) is 1. The summed E-state index contributed by atoms with van der Waals surface area (Å²) in [7, 11) is 1.89. The Labute approximate surface area is 163 Å². The Kier molecular flexibility index (Phi) is 7.74. The Morgan fingerprint density at radius 2 is 1.75 bits per heavy atom. The number of alkyl halides is 2. The van der Waals surface area contributed by atoms with E-state index in [0.717, 1.165) is 11.1 Å². The molecule has 3 N–H and O–H groups in total. The van der Waals surface area contributed by atoms with Crippen molar-refractivity contribution in [2.24, 2.45) is 10.7 Å². The third-order valence-electron chi connectivity index (χ3n) is 3.91. The quantitative estimate of drug-likeness (QED) is 0.536. The molecule has 0 radical (unpaired) electrons. The third-order valence-corrected chi connectivity index (χ3v) is 3.91. The molecule has 2 aromatic carbocycles. The number of hydrogen-bond donors (Lipinski definition) is 2. The monoisotopic (exact) mass is 390 g/mol. The number of guanidine groups is 1. The van der Waals surface area contributed by atoms with Gasteiger partial charge in [0.15, 0.2) is 5.96 Å². The van der Waals surface area contributed by atoms with Crippen molar-refractivity contribution in [2.75, 3.05) is 13.6 Å². The third kappa shape index (κ3) is 6.53. The highest BCUT2D eigenvalue weighted by atomic mass is 19.3. The van der Waals surface area contributed by atoms with Gasteiger partial charge in [-0.2, -0.15) is 8.78 Å².